The maximum absolute atomic E-state index is 2.50. The fourth-order valence-electron chi connectivity index (χ4n) is 3.03. The lowest BCUT2D eigenvalue weighted by Crippen LogP contribution is -2.31. The van der Waals surface area contributed by atoms with Crippen LogP contribution in [0.1, 0.15) is 61.3 Å². The minimum atomic E-state index is 0.127. The Morgan fingerprint density at radius 3 is 1.23 bits per heavy atom. The highest BCUT2D eigenvalue weighted by molar-refractivity contribution is 7.62. The summed E-state index contributed by atoms with van der Waals surface area (Å²) in [4.78, 5) is 0. The third kappa shape index (κ3) is 2.46. The largest absolute Gasteiger partial charge is 0.0895 e. The van der Waals surface area contributed by atoms with E-state index in [1.165, 1.54) is 12.8 Å². The molecule has 1 rings (SSSR count). The molecule has 0 aliphatic heterocycles. The van der Waals surface area contributed by atoms with E-state index in [9.17, 15) is 0 Å². The second-order valence-corrected chi connectivity index (χ2v) is 11.1. The molecule has 1 aliphatic carbocycles. The van der Waals surface area contributed by atoms with Gasteiger partial charge in [0.25, 0.3) is 0 Å². The average molecular weight is 200 g/mol. The number of hydrogen-bond acceptors (Lipinski definition) is 0. The molecule has 1 saturated carbocycles. The molecule has 0 amide bonds. The van der Waals surface area contributed by atoms with E-state index in [0.717, 1.165) is 0 Å². The van der Waals surface area contributed by atoms with Crippen LogP contribution in [-0.2, 0) is 0 Å². The highest BCUT2D eigenvalue weighted by Gasteiger charge is 2.53. The molecule has 0 radical (unpaired) electrons. The van der Waals surface area contributed by atoms with E-state index < -0.39 is 0 Å². The van der Waals surface area contributed by atoms with Crippen molar-refractivity contribution in [1.29, 1.82) is 0 Å². The summed E-state index contributed by atoms with van der Waals surface area (Å²) in [6.45, 7) is 17.0. The molecule has 1 fully saturated rings. The van der Waals surface area contributed by atoms with Crippen molar-refractivity contribution in [2.24, 2.45) is 0 Å². The lowest BCUT2D eigenvalue weighted by atomic mass is 10.2. The van der Waals surface area contributed by atoms with E-state index in [-0.39, 0.29) is 7.92 Å². The minimum absolute atomic E-state index is 0.127. The van der Waals surface area contributed by atoms with E-state index in [2.05, 4.69) is 48.5 Å². The summed E-state index contributed by atoms with van der Waals surface area (Å²) >= 11 is 0. The maximum atomic E-state index is 2.50. The molecule has 0 heterocycles. The van der Waals surface area contributed by atoms with Crippen molar-refractivity contribution in [2.45, 2.75) is 76.8 Å². The summed E-state index contributed by atoms with van der Waals surface area (Å²) in [5.41, 5.74) is 0. The first-order chi connectivity index (χ1) is 5.57. The molecule has 1 aliphatic rings. The molecule has 0 spiro atoms. The van der Waals surface area contributed by atoms with Gasteiger partial charge in [0.15, 0.2) is 0 Å². The fourth-order valence-corrected chi connectivity index (χ4v) is 8.84. The van der Waals surface area contributed by atoms with Crippen LogP contribution in [-0.4, -0.2) is 15.5 Å². The van der Waals surface area contributed by atoms with Gasteiger partial charge >= 0.3 is 0 Å². The van der Waals surface area contributed by atoms with Crippen molar-refractivity contribution >= 4 is 7.92 Å². The van der Waals surface area contributed by atoms with Crippen LogP contribution in [0.3, 0.4) is 0 Å². The first-order valence-corrected chi connectivity index (χ1v) is 6.72. The maximum Gasteiger partial charge on any atom is -0.0113 e. The van der Waals surface area contributed by atoms with Crippen molar-refractivity contribution in [1.82, 2.24) is 0 Å². The Hall–Kier alpha value is 0.430. The molecule has 0 N–H and O–H groups in total. The van der Waals surface area contributed by atoms with Crippen molar-refractivity contribution < 1.29 is 0 Å². The zero-order chi connectivity index (χ0) is 10.5. The van der Waals surface area contributed by atoms with Crippen LogP contribution in [0.4, 0.5) is 0 Å². The normalized spacial score (nSPS) is 22.2. The van der Waals surface area contributed by atoms with Crippen LogP contribution in [0.25, 0.3) is 0 Å². The molecule has 0 saturated heterocycles. The van der Waals surface area contributed by atoms with Gasteiger partial charge in [-0.15, -0.1) is 0 Å². The molecule has 1 heteroatoms. The Bertz CT molecular complexity index is 167. The first kappa shape index (κ1) is 11.5. The Morgan fingerprint density at radius 2 is 1.15 bits per heavy atom. The fraction of sp³-hybridized carbons (Fsp3) is 1.00. The van der Waals surface area contributed by atoms with E-state index in [0.29, 0.717) is 15.5 Å². The first-order valence-electron chi connectivity index (χ1n) is 5.38. The molecule has 0 unspecified atom stereocenters. The van der Waals surface area contributed by atoms with Gasteiger partial charge in [-0.1, -0.05) is 56.4 Å². The topological polar surface area (TPSA) is 0 Å². The monoisotopic (exact) mass is 200 g/mol. The summed E-state index contributed by atoms with van der Waals surface area (Å²) < 4.78 is 0. The van der Waals surface area contributed by atoms with Crippen molar-refractivity contribution in [3.8, 4) is 0 Å². The van der Waals surface area contributed by atoms with Gasteiger partial charge in [0.1, 0.15) is 0 Å². The second kappa shape index (κ2) is 2.96. The summed E-state index contributed by atoms with van der Waals surface area (Å²) in [7, 11) is 0.127. The molecule has 0 aromatic carbocycles. The van der Waals surface area contributed by atoms with Crippen molar-refractivity contribution in [3.05, 3.63) is 0 Å². The van der Waals surface area contributed by atoms with Crippen LogP contribution in [0.2, 0.25) is 0 Å². The summed E-state index contributed by atoms with van der Waals surface area (Å²) in [6, 6.07) is 0. The third-order valence-electron chi connectivity index (χ3n) is 2.86. The van der Waals surface area contributed by atoms with Gasteiger partial charge in [0.05, 0.1) is 0 Å². The average Bonchev–Trinajstić information content (AvgIpc) is 2.37. The molecular weight excluding hydrogens is 175 g/mol. The van der Waals surface area contributed by atoms with Crippen LogP contribution < -0.4 is 0 Å². The number of rotatable bonds is 1. The molecule has 78 valence electrons. The van der Waals surface area contributed by atoms with Crippen LogP contribution >= 0.6 is 7.92 Å². The molecule has 13 heavy (non-hydrogen) atoms. The van der Waals surface area contributed by atoms with E-state index in [4.69, 9.17) is 0 Å². The summed E-state index contributed by atoms with van der Waals surface area (Å²) in [5.74, 6) is 0. The van der Waals surface area contributed by atoms with Gasteiger partial charge in [-0.2, -0.15) is 0 Å². The molecule has 0 aromatic rings. The van der Waals surface area contributed by atoms with Gasteiger partial charge in [0.2, 0.25) is 0 Å². The lowest BCUT2D eigenvalue weighted by molar-refractivity contribution is 0.684. The van der Waals surface area contributed by atoms with E-state index in [1.54, 1.807) is 0 Å². The quantitative estimate of drug-likeness (QED) is 0.542. The van der Waals surface area contributed by atoms with Crippen LogP contribution in [0.15, 0.2) is 0 Å². The molecule has 0 bridgehead atoms. The van der Waals surface area contributed by atoms with Gasteiger partial charge < -0.3 is 0 Å². The van der Waals surface area contributed by atoms with E-state index >= 15 is 0 Å². The highest BCUT2D eigenvalue weighted by Crippen LogP contribution is 2.75. The SMILES string of the molecule is CC(C)(C)P(C(C)(C)C)C1(C)CC1. The Balaban J connectivity index is 2.91. The summed E-state index contributed by atoms with van der Waals surface area (Å²) in [5, 5.41) is 1.73. The Labute approximate surface area is 85.2 Å². The lowest BCUT2D eigenvalue weighted by Gasteiger charge is -2.46. The zero-order valence-corrected chi connectivity index (χ0v) is 11.3. The zero-order valence-electron chi connectivity index (χ0n) is 10.4. The minimum Gasteiger partial charge on any atom is -0.0895 e. The van der Waals surface area contributed by atoms with Gasteiger partial charge in [-0.25, -0.2) is 0 Å². The smallest absolute Gasteiger partial charge is 0.0113 e. The molecule has 0 aromatic heterocycles. The molecule has 0 atom stereocenters. The predicted octanol–water partition coefficient (Wildman–Crippen LogP) is 4.62. The van der Waals surface area contributed by atoms with E-state index in [1.807, 2.05) is 0 Å². The van der Waals surface area contributed by atoms with Crippen molar-refractivity contribution in [3.63, 3.8) is 0 Å². The molecule has 0 nitrogen and oxygen atoms in total. The second-order valence-electron chi connectivity index (χ2n) is 6.67. The highest BCUT2D eigenvalue weighted by atomic mass is 31.1. The molecular formula is C12H25P. The van der Waals surface area contributed by atoms with Crippen LogP contribution in [0.5, 0.6) is 0 Å². The van der Waals surface area contributed by atoms with Gasteiger partial charge in [-0.05, 0) is 28.3 Å². The standard InChI is InChI=1S/C12H25P/c1-10(2,3)13(11(4,5)6)12(7)8-9-12/h8-9H2,1-7H3. The number of hydrogen-bond donors (Lipinski definition) is 0. The Morgan fingerprint density at radius 1 is 0.846 bits per heavy atom. The van der Waals surface area contributed by atoms with Gasteiger partial charge in [0, 0.05) is 0 Å². The van der Waals surface area contributed by atoms with Crippen molar-refractivity contribution in [2.75, 3.05) is 0 Å². The predicted molar refractivity (Wildman–Crippen MR) is 64.1 cm³/mol. The summed E-state index contributed by atoms with van der Waals surface area (Å²) in [6.07, 6.45) is 2.93. The van der Waals surface area contributed by atoms with Crippen LogP contribution in [0, 0.1) is 0 Å². The van der Waals surface area contributed by atoms with Gasteiger partial charge in [-0.3, -0.25) is 0 Å². The third-order valence-corrected chi connectivity index (χ3v) is 7.07. The Kier molecular flexibility index (Phi) is 2.62.